The van der Waals surface area contributed by atoms with Crippen molar-refractivity contribution in [3.05, 3.63) is 37.0 Å². The van der Waals surface area contributed by atoms with Crippen LogP contribution in [0.25, 0.3) is 0 Å². The number of allylic oxidation sites excluding steroid dienone is 3. The van der Waals surface area contributed by atoms with Crippen molar-refractivity contribution in [1.82, 2.24) is 0 Å². The highest BCUT2D eigenvalue weighted by Gasteiger charge is 2.39. The molecule has 0 aromatic carbocycles. The molecule has 2 heteroatoms. The van der Waals surface area contributed by atoms with E-state index in [4.69, 9.17) is 23.2 Å². The molecule has 0 aromatic rings. The summed E-state index contributed by atoms with van der Waals surface area (Å²) in [5.41, 5.74) is 2.38. The summed E-state index contributed by atoms with van der Waals surface area (Å²) in [6, 6.07) is 0. The van der Waals surface area contributed by atoms with Crippen LogP contribution in [-0.2, 0) is 0 Å². The molecule has 3 atom stereocenters. The zero-order valence-corrected chi connectivity index (χ0v) is 12.2. The topological polar surface area (TPSA) is 0 Å². The first-order valence-corrected chi connectivity index (χ1v) is 7.16. The van der Waals surface area contributed by atoms with Crippen LogP contribution in [0.3, 0.4) is 0 Å². The van der Waals surface area contributed by atoms with Crippen molar-refractivity contribution in [2.45, 2.75) is 26.2 Å². The van der Waals surface area contributed by atoms with Crippen LogP contribution < -0.4 is 0 Å². The Morgan fingerprint density at radius 2 is 1.88 bits per heavy atom. The Hall–Kier alpha value is -0.200. The highest BCUT2D eigenvalue weighted by molar-refractivity contribution is 6.19. The molecule has 0 bridgehead atoms. The average Bonchev–Trinajstić information content (AvgIpc) is 2.37. The van der Waals surface area contributed by atoms with E-state index >= 15 is 0 Å². The summed E-state index contributed by atoms with van der Waals surface area (Å²) in [5, 5.41) is 0. The van der Waals surface area contributed by atoms with E-state index in [-0.39, 0.29) is 5.41 Å². The van der Waals surface area contributed by atoms with Gasteiger partial charge in [-0.2, -0.15) is 0 Å². The van der Waals surface area contributed by atoms with E-state index in [1.807, 2.05) is 0 Å². The lowest BCUT2D eigenvalue weighted by atomic mass is 9.61. The van der Waals surface area contributed by atoms with Crippen LogP contribution in [0.2, 0.25) is 0 Å². The first kappa shape index (κ1) is 14.9. The number of hydrogen-bond acceptors (Lipinski definition) is 0. The SMILES string of the molecule is C=C[C@]1(C)CC[C@@H](C(=C)CCl)C[C@H]1C(=C)CCl. The summed E-state index contributed by atoms with van der Waals surface area (Å²) in [5.74, 6) is 1.98. The lowest BCUT2D eigenvalue weighted by Gasteiger charge is -2.44. The molecule has 1 aliphatic rings. The van der Waals surface area contributed by atoms with Crippen molar-refractivity contribution in [3.63, 3.8) is 0 Å². The molecule has 96 valence electrons. The predicted octanol–water partition coefficient (Wildman–Crippen LogP) is 5.19. The zero-order chi connectivity index (χ0) is 13.1. The second-order valence-corrected chi connectivity index (χ2v) is 5.85. The molecule has 0 radical (unpaired) electrons. The normalized spacial score (nSPS) is 33.1. The minimum absolute atomic E-state index is 0.120. The van der Waals surface area contributed by atoms with E-state index in [2.05, 4.69) is 32.7 Å². The minimum Gasteiger partial charge on any atom is -0.122 e. The van der Waals surface area contributed by atoms with Gasteiger partial charge in [-0.1, -0.05) is 37.3 Å². The molecule has 1 saturated carbocycles. The summed E-state index contributed by atoms with van der Waals surface area (Å²) in [4.78, 5) is 0. The summed E-state index contributed by atoms with van der Waals surface area (Å²) in [7, 11) is 0. The Morgan fingerprint density at radius 1 is 1.29 bits per heavy atom. The van der Waals surface area contributed by atoms with Gasteiger partial charge in [0.25, 0.3) is 0 Å². The quantitative estimate of drug-likeness (QED) is 0.478. The molecule has 0 nitrogen and oxygen atoms in total. The zero-order valence-electron chi connectivity index (χ0n) is 10.6. The third-order valence-corrected chi connectivity index (χ3v) is 4.91. The van der Waals surface area contributed by atoms with Gasteiger partial charge in [0.2, 0.25) is 0 Å². The molecule has 0 unspecified atom stereocenters. The van der Waals surface area contributed by atoms with E-state index in [9.17, 15) is 0 Å². The van der Waals surface area contributed by atoms with Crippen LogP contribution in [0.15, 0.2) is 37.0 Å². The van der Waals surface area contributed by atoms with Gasteiger partial charge >= 0.3 is 0 Å². The van der Waals surface area contributed by atoms with Crippen molar-refractivity contribution in [1.29, 1.82) is 0 Å². The average molecular weight is 273 g/mol. The molecule has 0 N–H and O–H groups in total. The van der Waals surface area contributed by atoms with Crippen LogP contribution in [-0.4, -0.2) is 11.8 Å². The van der Waals surface area contributed by atoms with Crippen molar-refractivity contribution >= 4 is 23.2 Å². The van der Waals surface area contributed by atoms with Crippen molar-refractivity contribution in [2.75, 3.05) is 11.8 Å². The fourth-order valence-corrected chi connectivity index (χ4v) is 3.19. The Kier molecular flexibility index (Phi) is 5.34. The number of halogens is 2. The lowest BCUT2D eigenvalue weighted by Crippen LogP contribution is -2.34. The van der Waals surface area contributed by atoms with Crippen LogP contribution in [0.4, 0.5) is 0 Å². The monoisotopic (exact) mass is 272 g/mol. The fourth-order valence-electron chi connectivity index (χ4n) is 2.78. The van der Waals surface area contributed by atoms with Crippen LogP contribution in [0, 0.1) is 17.3 Å². The summed E-state index contributed by atoms with van der Waals surface area (Å²) in [6.45, 7) is 14.4. The van der Waals surface area contributed by atoms with E-state index in [0.29, 0.717) is 23.6 Å². The highest BCUT2D eigenvalue weighted by atomic mass is 35.5. The Labute approximate surface area is 115 Å². The summed E-state index contributed by atoms with van der Waals surface area (Å²) < 4.78 is 0. The van der Waals surface area contributed by atoms with E-state index < -0.39 is 0 Å². The smallest absolute Gasteiger partial charge is 0.0433 e. The first-order valence-electron chi connectivity index (χ1n) is 6.09. The van der Waals surface area contributed by atoms with Crippen molar-refractivity contribution in [2.24, 2.45) is 17.3 Å². The largest absolute Gasteiger partial charge is 0.122 e. The molecular weight excluding hydrogens is 251 g/mol. The van der Waals surface area contributed by atoms with Gasteiger partial charge in [-0.05, 0) is 36.5 Å². The molecule has 0 aromatic heterocycles. The molecule has 1 fully saturated rings. The number of hydrogen-bond donors (Lipinski definition) is 0. The second-order valence-electron chi connectivity index (χ2n) is 5.32. The van der Waals surface area contributed by atoms with E-state index in [0.717, 1.165) is 30.4 Å². The lowest BCUT2D eigenvalue weighted by molar-refractivity contribution is 0.170. The van der Waals surface area contributed by atoms with Gasteiger partial charge in [-0.15, -0.1) is 29.8 Å². The molecular formula is C15H22Cl2. The Bertz CT molecular complexity index is 319. The maximum absolute atomic E-state index is 5.95. The van der Waals surface area contributed by atoms with Gasteiger partial charge in [-0.25, -0.2) is 0 Å². The summed E-state index contributed by atoms with van der Waals surface area (Å²) in [6.07, 6.45) is 5.37. The third kappa shape index (κ3) is 3.17. The van der Waals surface area contributed by atoms with Crippen molar-refractivity contribution in [3.8, 4) is 0 Å². The highest BCUT2D eigenvalue weighted by Crippen LogP contribution is 2.49. The molecule has 1 aliphatic carbocycles. The third-order valence-electron chi connectivity index (χ3n) is 4.23. The molecule has 0 amide bonds. The molecule has 0 heterocycles. The van der Waals surface area contributed by atoms with Crippen molar-refractivity contribution < 1.29 is 0 Å². The predicted molar refractivity (Wildman–Crippen MR) is 78.9 cm³/mol. The molecule has 0 aliphatic heterocycles. The fraction of sp³-hybridized carbons (Fsp3) is 0.600. The van der Waals surface area contributed by atoms with E-state index in [1.54, 1.807) is 0 Å². The molecule has 0 spiro atoms. The molecule has 1 rings (SSSR count). The van der Waals surface area contributed by atoms with Gasteiger partial charge in [0.1, 0.15) is 0 Å². The minimum atomic E-state index is 0.120. The van der Waals surface area contributed by atoms with Gasteiger partial charge < -0.3 is 0 Å². The van der Waals surface area contributed by atoms with Gasteiger partial charge in [0.15, 0.2) is 0 Å². The number of alkyl halides is 2. The Morgan fingerprint density at radius 3 is 2.35 bits per heavy atom. The van der Waals surface area contributed by atoms with Crippen LogP contribution >= 0.6 is 23.2 Å². The van der Waals surface area contributed by atoms with Gasteiger partial charge in [0.05, 0.1) is 0 Å². The molecule has 17 heavy (non-hydrogen) atoms. The second kappa shape index (κ2) is 6.11. The van der Waals surface area contributed by atoms with Crippen LogP contribution in [0.5, 0.6) is 0 Å². The molecule has 0 saturated heterocycles. The van der Waals surface area contributed by atoms with Crippen LogP contribution in [0.1, 0.15) is 26.2 Å². The van der Waals surface area contributed by atoms with E-state index in [1.165, 1.54) is 0 Å². The standard InChI is InChI=1S/C15H22Cl2/c1-5-15(4)7-6-13(11(2)9-16)8-14(15)12(3)10-17/h5,13-14H,1-3,6-10H2,4H3/t13-,14+,15-/m1/s1. The maximum Gasteiger partial charge on any atom is 0.0433 e. The first-order chi connectivity index (χ1) is 7.98. The van der Waals surface area contributed by atoms with Gasteiger partial charge in [-0.3, -0.25) is 0 Å². The maximum atomic E-state index is 5.95. The summed E-state index contributed by atoms with van der Waals surface area (Å²) >= 11 is 11.8. The van der Waals surface area contributed by atoms with Gasteiger partial charge in [0, 0.05) is 11.8 Å². The number of rotatable bonds is 5. The Balaban J connectivity index is 2.88.